The Bertz CT molecular complexity index is 316. The Labute approximate surface area is 114 Å². The summed E-state index contributed by atoms with van der Waals surface area (Å²) in [6.07, 6.45) is 2.33. The van der Waals surface area contributed by atoms with Gasteiger partial charge in [-0.25, -0.2) is 0 Å². The molecular weight excluding hydrogens is 244 g/mol. The van der Waals surface area contributed by atoms with E-state index in [9.17, 15) is 0 Å². The third-order valence-corrected chi connectivity index (χ3v) is 4.30. The van der Waals surface area contributed by atoms with Crippen LogP contribution in [0.15, 0.2) is 16.8 Å². The van der Waals surface area contributed by atoms with Gasteiger partial charge >= 0.3 is 0 Å². The van der Waals surface area contributed by atoms with Crippen molar-refractivity contribution < 1.29 is 4.74 Å². The normalized spacial score (nSPS) is 21.3. The van der Waals surface area contributed by atoms with Crippen LogP contribution in [0.2, 0.25) is 0 Å². The lowest BCUT2D eigenvalue weighted by molar-refractivity contribution is -0.00780. The fraction of sp³-hybridized carbons (Fsp3) is 0.714. The number of ether oxygens (including phenoxy) is 1. The number of nitrogens with one attached hydrogen (secondary N) is 1. The third kappa shape index (κ3) is 4.35. The number of morpholine rings is 1. The highest BCUT2D eigenvalue weighted by Crippen LogP contribution is 2.09. The molecule has 4 heteroatoms. The summed E-state index contributed by atoms with van der Waals surface area (Å²) in [4.78, 5) is 2.56. The maximum atomic E-state index is 5.52. The van der Waals surface area contributed by atoms with Gasteiger partial charge in [0.05, 0.1) is 13.2 Å². The molecular formula is C14H24N2OS. The molecule has 1 unspecified atom stereocenters. The van der Waals surface area contributed by atoms with Crippen LogP contribution in [-0.4, -0.2) is 50.3 Å². The van der Waals surface area contributed by atoms with Crippen LogP contribution in [0.3, 0.4) is 0 Å². The van der Waals surface area contributed by atoms with Gasteiger partial charge in [-0.15, -0.1) is 0 Å². The van der Waals surface area contributed by atoms with Crippen molar-refractivity contribution in [1.82, 2.24) is 10.2 Å². The highest BCUT2D eigenvalue weighted by Gasteiger charge is 2.20. The molecule has 1 N–H and O–H groups in total. The predicted molar refractivity (Wildman–Crippen MR) is 77.4 cm³/mol. The third-order valence-electron chi connectivity index (χ3n) is 3.57. The maximum absolute atomic E-state index is 5.52. The van der Waals surface area contributed by atoms with Crippen molar-refractivity contribution in [3.63, 3.8) is 0 Å². The lowest BCUT2D eigenvalue weighted by Gasteiger charge is -2.35. The van der Waals surface area contributed by atoms with Gasteiger partial charge in [-0.05, 0) is 41.8 Å². The number of rotatable bonds is 7. The molecule has 1 aliphatic heterocycles. The maximum Gasteiger partial charge on any atom is 0.0622 e. The molecule has 0 bridgehead atoms. The van der Waals surface area contributed by atoms with E-state index in [0.29, 0.717) is 6.04 Å². The Morgan fingerprint density at radius 1 is 1.50 bits per heavy atom. The van der Waals surface area contributed by atoms with E-state index in [1.807, 2.05) is 0 Å². The van der Waals surface area contributed by atoms with Crippen LogP contribution in [-0.2, 0) is 11.2 Å². The van der Waals surface area contributed by atoms with E-state index in [-0.39, 0.29) is 0 Å². The van der Waals surface area contributed by atoms with Crippen molar-refractivity contribution in [2.45, 2.75) is 25.8 Å². The first-order valence-corrected chi connectivity index (χ1v) is 7.88. The number of hydrogen-bond donors (Lipinski definition) is 1. The summed E-state index contributed by atoms with van der Waals surface area (Å²) in [6, 6.07) is 2.83. The van der Waals surface area contributed by atoms with Crippen LogP contribution >= 0.6 is 11.3 Å². The first-order valence-electron chi connectivity index (χ1n) is 6.93. The largest absolute Gasteiger partial charge is 0.378 e. The van der Waals surface area contributed by atoms with Gasteiger partial charge in [0.15, 0.2) is 0 Å². The van der Waals surface area contributed by atoms with Crippen LogP contribution in [0.5, 0.6) is 0 Å². The highest BCUT2D eigenvalue weighted by molar-refractivity contribution is 7.07. The van der Waals surface area contributed by atoms with Gasteiger partial charge in [0.1, 0.15) is 0 Å². The Morgan fingerprint density at radius 2 is 2.44 bits per heavy atom. The van der Waals surface area contributed by atoms with Gasteiger partial charge in [-0.2, -0.15) is 11.3 Å². The summed E-state index contributed by atoms with van der Waals surface area (Å²) in [5.41, 5.74) is 1.45. The molecule has 3 nitrogen and oxygen atoms in total. The zero-order valence-corrected chi connectivity index (χ0v) is 12.0. The average molecular weight is 268 g/mol. The molecule has 2 heterocycles. The SMILES string of the molecule is CCC1COCCN1CCNCCc1ccsc1. The molecule has 2 rings (SSSR count). The number of hydrogen-bond acceptors (Lipinski definition) is 4. The second-order valence-corrected chi connectivity index (χ2v) is 5.58. The zero-order valence-electron chi connectivity index (χ0n) is 11.2. The van der Waals surface area contributed by atoms with E-state index < -0.39 is 0 Å². The molecule has 0 aliphatic carbocycles. The molecule has 18 heavy (non-hydrogen) atoms. The van der Waals surface area contributed by atoms with E-state index in [2.05, 4.69) is 34.0 Å². The van der Waals surface area contributed by atoms with Crippen molar-refractivity contribution in [2.24, 2.45) is 0 Å². The fourth-order valence-corrected chi connectivity index (χ4v) is 3.08. The highest BCUT2D eigenvalue weighted by atomic mass is 32.1. The molecule has 0 spiro atoms. The molecule has 1 aromatic rings. The van der Waals surface area contributed by atoms with Gasteiger partial charge in [0, 0.05) is 25.7 Å². The summed E-state index contributed by atoms with van der Waals surface area (Å²) in [5, 5.41) is 7.92. The van der Waals surface area contributed by atoms with E-state index in [1.165, 1.54) is 12.0 Å². The minimum atomic E-state index is 0.623. The number of nitrogens with zero attached hydrogens (tertiary/aromatic N) is 1. The molecule has 1 fully saturated rings. The molecule has 1 atom stereocenters. The molecule has 0 saturated carbocycles. The Kier molecular flexibility index (Phi) is 6.14. The Balaban J connectivity index is 1.57. The second kappa shape index (κ2) is 7.89. The van der Waals surface area contributed by atoms with Crippen molar-refractivity contribution in [3.05, 3.63) is 22.4 Å². The van der Waals surface area contributed by atoms with Crippen molar-refractivity contribution >= 4 is 11.3 Å². The summed E-state index contributed by atoms with van der Waals surface area (Å²) in [7, 11) is 0. The van der Waals surface area contributed by atoms with Crippen molar-refractivity contribution in [2.75, 3.05) is 39.4 Å². The molecule has 0 aromatic carbocycles. The minimum absolute atomic E-state index is 0.623. The standard InChI is InChI=1S/C14H24N2OS/c1-2-14-11-17-9-8-16(14)7-6-15-5-3-13-4-10-18-12-13/h4,10,12,14-15H,2-3,5-9,11H2,1H3. The smallest absolute Gasteiger partial charge is 0.0622 e. The topological polar surface area (TPSA) is 24.5 Å². The van der Waals surface area contributed by atoms with Gasteiger partial charge in [-0.3, -0.25) is 4.90 Å². The van der Waals surface area contributed by atoms with Crippen LogP contribution in [0.25, 0.3) is 0 Å². The van der Waals surface area contributed by atoms with Gasteiger partial charge < -0.3 is 10.1 Å². The van der Waals surface area contributed by atoms with E-state index in [0.717, 1.165) is 45.8 Å². The minimum Gasteiger partial charge on any atom is -0.378 e. The first-order chi connectivity index (χ1) is 8.90. The molecule has 0 amide bonds. The summed E-state index contributed by atoms with van der Waals surface area (Å²) in [6.45, 7) is 8.45. The Hall–Kier alpha value is -0.420. The van der Waals surface area contributed by atoms with Crippen LogP contribution in [0.1, 0.15) is 18.9 Å². The predicted octanol–water partition coefficient (Wildman–Crippen LogP) is 1.99. The van der Waals surface area contributed by atoms with Crippen LogP contribution < -0.4 is 5.32 Å². The van der Waals surface area contributed by atoms with Gasteiger partial charge in [-0.1, -0.05) is 6.92 Å². The fourth-order valence-electron chi connectivity index (χ4n) is 2.37. The lowest BCUT2D eigenvalue weighted by atomic mass is 10.2. The zero-order chi connectivity index (χ0) is 12.6. The summed E-state index contributed by atoms with van der Waals surface area (Å²) >= 11 is 1.78. The monoisotopic (exact) mass is 268 g/mol. The quantitative estimate of drug-likeness (QED) is 0.766. The molecule has 102 valence electrons. The molecule has 1 aromatic heterocycles. The Morgan fingerprint density at radius 3 is 3.22 bits per heavy atom. The summed E-state index contributed by atoms with van der Waals surface area (Å²) < 4.78 is 5.52. The molecule has 0 radical (unpaired) electrons. The average Bonchev–Trinajstić information content (AvgIpc) is 2.92. The van der Waals surface area contributed by atoms with E-state index in [1.54, 1.807) is 11.3 Å². The first kappa shape index (κ1) is 14.0. The van der Waals surface area contributed by atoms with Gasteiger partial charge in [0.25, 0.3) is 0 Å². The van der Waals surface area contributed by atoms with Crippen LogP contribution in [0, 0.1) is 0 Å². The number of thiophene rings is 1. The summed E-state index contributed by atoms with van der Waals surface area (Å²) in [5.74, 6) is 0. The van der Waals surface area contributed by atoms with Gasteiger partial charge in [0.2, 0.25) is 0 Å². The van der Waals surface area contributed by atoms with E-state index in [4.69, 9.17) is 4.74 Å². The lowest BCUT2D eigenvalue weighted by Crippen LogP contribution is -2.47. The van der Waals surface area contributed by atoms with Crippen molar-refractivity contribution in [1.29, 1.82) is 0 Å². The van der Waals surface area contributed by atoms with E-state index >= 15 is 0 Å². The molecule has 1 aliphatic rings. The second-order valence-electron chi connectivity index (χ2n) is 4.80. The van der Waals surface area contributed by atoms with Crippen LogP contribution in [0.4, 0.5) is 0 Å². The van der Waals surface area contributed by atoms with Crippen molar-refractivity contribution in [3.8, 4) is 0 Å². The molecule has 1 saturated heterocycles.